The molecule has 138 valence electrons. The second-order valence-electron chi connectivity index (χ2n) is 8.73. The standard InChI is InChI=1S/C23H29NO2/c1-22(2,3)19-14-16-23(17-15-19)24(20-12-8-5-9-13-20)21(25-26-23)18-10-6-4-7-11-18/h4-13,19,21H,14-17H2,1-3H3. The average molecular weight is 351 g/mol. The summed E-state index contributed by atoms with van der Waals surface area (Å²) in [4.78, 5) is 14.4. The molecule has 1 saturated carbocycles. The van der Waals surface area contributed by atoms with Crippen LogP contribution in [-0.2, 0) is 9.78 Å². The van der Waals surface area contributed by atoms with Gasteiger partial charge in [-0.05, 0) is 49.1 Å². The van der Waals surface area contributed by atoms with Gasteiger partial charge in [0.05, 0.1) is 0 Å². The Morgan fingerprint density at radius 2 is 1.46 bits per heavy atom. The lowest BCUT2D eigenvalue weighted by atomic mass is 9.70. The minimum atomic E-state index is -0.371. The van der Waals surface area contributed by atoms with Crippen LogP contribution in [0.15, 0.2) is 60.7 Å². The molecule has 3 nitrogen and oxygen atoms in total. The van der Waals surface area contributed by atoms with E-state index in [1.54, 1.807) is 0 Å². The summed E-state index contributed by atoms with van der Waals surface area (Å²) in [6.07, 6.45) is 4.11. The van der Waals surface area contributed by atoms with Crippen LogP contribution in [0.2, 0.25) is 0 Å². The van der Waals surface area contributed by atoms with Gasteiger partial charge in [-0.2, -0.15) is 0 Å². The van der Waals surface area contributed by atoms with Gasteiger partial charge in [-0.25, -0.2) is 9.78 Å². The third-order valence-electron chi connectivity index (χ3n) is 6.08. The fourth-order valence-electron chi connectivity index (χ4n) is 4.47. The Labute approximate surface area is 156 Å². The molecule has 1 aliphatic carbocycles. The lowest BCUT2D eigenvalue weighted by Crippen LogP contribution is -2.49. The van der Waals surface area contributed by atoms with Gasteiger partial charge in [-0.3, -0.25) is 0 Å². The van der Waals surface area contributed by atoms with Crippen LogP contribution in [0.5, 0.6) is 0 Å². The molecule has 0 radical (unpaired) electrons. The molecule has 4 rings (SSSR count). The molecular formula is C23H29NO2. The molecule has 0 bridgehead atoms. The monoisotopic (exact) mass is 351 g/mol. The number of hydrogen-bond donors (Lipinski definition) is 0. The number of para-hydroxylation sites is 1. The molecule has 1 spiro atoms. The molecule has 1 saturated heterocycles. The average Bonchev–Trinajstić information content (AvgIpc) is 3.01. The van der Waals surface area contributed by atoms with Gasteiger partial charge >= 0.3 is 0 Å². The maximum atomic E-state index is 6.10. The largest absolute Gasteiger partial charge is 0.309 e. The fourth-order valence-corrected chi connectivity index (χ4v) is 4.47. The van der Waals surface area contributed by atoms with Crippen molar-refractivity contribution in [1.82, 2.24) is 0 Å². The van der Waals surface area contributed by atoms with E-state index in [9.17, 15) is 0 Å². The molecular weight excluding hydrogens is 322 g/mol. The smallest absolute Gasteiger partial charge is 0.193 e. The van der Waals surface area contributed by atoms with Crippen LogP contribution in [0, 0.1) is 11.3 Å². The Bertz CT molecular complexity index is 715. The first-order valence-electron chi connectivity index (χ1n) is 9.73. The van der Waals surface area contributed by atoms with E-state index in [2.05, 4.69) is 80.3 Å². The Kier molecular flexibility index (Phi) is 4.54. The fraction of sp³-hybridized carbons (Fsp3) is 0.478. The van der Waals surface area contributed by atoms with Crippen LogP contribution >= 0.6 is 0 Å². The SMILES string of the molecule is CC(C)(C)C1CCC2(CC1)OOC(c1ccccc1)N2c1ccccc1. The third kappa shape index (κ3) is 3.15. The summed E-state index contributed by atoms with van der Waals surface area (Å²) in [5.41, 5.74) is 2.26. The zero-order valence-corrected chi connectivity index (χ0v) is 16.0. The summed E-state index contributed by atoms with van der Waals surface area (Å²) in [7, 11) is 0. The van der Waals surface area contributed by atoms with Gasteiger partial charge in [-0.1, -0.05) is 69.3 Å². The van der Waals surface area contributed by atoms with Crippen LogP contribution in [0.3, 0.4) is 0 Å². The molecule has 2 aliphatic rings. The molecule has 0 amide bonds. The number of benzene rings is 2. The van der Waals surface area contributed by atoms with Crippen molar-refractivity contribution in [2.45, 2.75) is 58.4 Å². The number of anilines is 1. The molecule has 2 fully saturated rings. The van der Waals surface area contributed by atoms with Gasteiger partial charge in [-0.15, -0.1) is 0 Å². The molecule has 1 unspecified atom stereocenters. The lowest BCUT2D eigenvalue weighted by molar-refractivity contribution is -0.334. The molecule has 1 aliphatic heterocycles. The zero-order valence-electron chi connectivity index (χ0n) is 16.0. The Balaban J connectivity index is 1.67. The quantitative estimate of drug-likeness (QED) is 0.611. The topological polar surface area (TPSA) is 21.7 Å². The highest BCUT2D eigenvalue weighted by Crippen LogP contribution is 2.51. The van der Waals surface area contributed by atoms with E-state index in [-0.39, 0.29) is 12.0 Å². The van der Waals surface area contributed by atoms with E-state index >= 15 is 0 Å². The molecule has 3 heteroatoms. The second-order valence-corrected chi connectivity index (χ2v) is 8.73. The van der Waals surface area contributed by atoms with Crippen molar-refractivity contribution >= 4 is 5.69 Å². The minimum absolute atomic E-state index is 0.204. The van der Waals surface area contributed by atoms with Crippen LogP contribution in [-0.4, -0.2) is 5.72 Å². The third-order valence-corrected chi connectivity index (χ3v) is 6.08. The summed E-state index contributed by atoms with van der Waals surface area (Å²) >= 11 is 0. The van der Waals surface area contributed by atoms with E-state index in [1.165, 1.54) is 0 Å². The first kappa shape index (κ1) is 17.6. The van der Waals surface area contributed by atoms with E-state index in [1.807, 2.05) is 6.07 Å². The van der Waals surface area contributed by atoms with Gasteiger partial charge in [0.2, 0.25) is 0 Å². The molecule has 1 atom stereocenters. The van der Waals surface area contributed by atoms with Gasteiger partial charge in [0, 0.05) is 11.3 Å². The highest BCUT2D eigenvalue weighted by molar-refractivity contribution is 5.51. The van der Waals surface area contributed by atoms with Crippen molar-refractivity contribution in [3.8, 4) is 0 Å². The first-order chi connectivity index (χ1) is 12.5. The van der Waals surface area contributed by atoms with Gasteiger partial charge in [0.15, 0.2) is 12.0 Å². The normalized spacial score (nSPS) is 29.3. The lowest BCUT2D eigenvalue weighted by Gasteiger charge is -2.45. The van der Waals surface area contributed by atoms with Crippen molar-refractivity contribution in [1.29, 1.82) is 0 Å². The van der Waals surface area contributed by atoms with Gasteiger partial charge in [0.25, 0.3) is 0 Å². The number of rotatable bonds is 2. The molecule has 1 heterocycles. The molecule has 2 aromatic rings. The maximum absolute atomic E-state index is 6.10. The van der Waals surface area contributed by atoms with Crippen LogP contribution in [0.1, 0.15) is 58.2 Å². The first-order valence-corrected chi connectivity index (χ1v) is 9.73. The van der Waals surface area contributed by atoms with E-state index < -0.39 is 0 Å². The predicted octanol–water partition coefficient (Wildman–Crippen LogP) is 6.09. The van der Waals surface area contributed by atoms with Crippen LogP contribution in [0.25, 0.3) is 0 Å². The van der Waals surface area contributed by atoms with Crippen molar-refractivity contribution in [3.63, 3.8) is 0 Å². The highest BCUT2D eigenvalue weighted by Gasteiger charge is 2.52. The summed E-state index contributed by atoms with van der Waals surface area (Å²) in [5, 5.41) is 0. The highest BCUT2D eigenvalue weighted by atomic mass is 17.2. The molecule has 26 heavy (non-hydrogen) atoms. The molecule has 0 N–H and O–H groups in total. The maximum Gasteiger partial charge on any atom is 0.193 e. The van der Waals surface area contributed by atoms with E-state index in [0.29, 0.717) is 5.41 Å². The second kappa shape index (κ2) is 6.71. The zero-order chi connectivity index (χ0) is 18.2. The Morgan fingerprint density at radius 3 is 2.04 bits per heavy atom. The Morgan fingerprint density at radius 1 is 0.885 bits per heavy atom. The van der Waals surface area contributed by atoms with Gasteiger partial charge in [0.1, 0.15) is 0 Å². The van der Waals surface area contributed by atoms with Crippen LogP contribution in [0.4, 0.5) is 5.69 Å². The molecule has 2 aromatic carbocycles. The van der Waals surface area contributed by atoms with Crippen LogP contribution < -0.4 is 4.90 Å². The summed E-state index contributed by atoms with van der Waals surface area (Å²) in [5.74, 6) is 0.727. The van der Waals surface area contributed by atoms with Crippen molar-refractivity contribution in [2.24, 2.45) is 11.3 Å². The van der Waals surface area contributed by atoms with E-state index in [4.69, 9.17) is 9.78 Å². The van der Waals surface area contributed by atoms with E-state index in [0.717, 1.165) is 42.9 Å². The number of hydrogen-bond acceptors (Lipinski definition) is 3. The van der Waals surface area contributed by atoms with Crippen molar-refractivity contribution < 1.29 is 9.78 Å². The molecule has 0 aromatic heterocycles. The number of nitrogens with zero attached hydrogens (tertiary/aromatic N) is 1. The summed E-state index contributed by atoms with van der Waals surface area (Å²) in [6.45, 7) is 7.05. The van der Waals surface area contributed by atoms with Gasteiger partial charge < -0.3 is 4.90 Å². The predicted molar refractivity (Wildman–Crippen MR) is 104 cm³/mol. The minimum Gasteiger partial charge on any atom is -0.309 e. The van der Waals surface area contributed by atoms with Crippen molar-refractivity contribution in [3.05, 3.63) is 66.2 Å². The Hall–Kier alpha value is -1.84. The summed E-state index contributed by atoms with van der Waals surface area (Å²) < 4.78 is 0. The summed E-state index contributed by atoms with van der Waals surface area (Å²) in [6, 6.07) is 20.9. The van der Waals surface area contributed by atoms with Crippen molar-refractivity contribution in [2.75, 3.05) is 4.90 Å².